The summed E-state index contributed by atoms with van der Waals surface area (Å²) in [5.74, 6) is 0.504. The number of aromatic nitrogens is 2. The van der Waals surface area contributed by atoms with Gasteiger partial charge in [0.15, 0.2) is 6.10 Å². The number of hydrogen-bond acceptors (Lipinski definition) is 5. The molecule has 1 N–H and O–H groups in total. The maximum atomic E-state index is 12.4. The Bertz CT molecular complexity index is 700. The summed E-state index contributed by atoms with van der Waals surface area (Å²) in [7, 11) is 1.46. The number of alkyl halides is 3. The predicted octanol–water partition coefficient (Wildman–Crippen LogP) is 3.27. The Balaban J connectivity index is 2.13. The van der Waals surface area contributed by atoms with Gasteiger partial charge in [0.2, 0.25) is 11.8 Å². The van der Waals surface area contributed by atoms with E-state index in [9.17, 15) is 13.2 Å². The first-order valence-electron chi connectivity index (χ1n) is 7.45. The van der Waals surface area contributed by atoms with Crippen LogP contribution in [0.3, 0.4) is 0 Å². The Labute approximate surface area is 138 Å². The van der Waals surface area contributed by atoms with E-state index in [1.807, 2.05) is 32.0 Å². The summed E-state index contributed by atoms with van der Waals surface area (Å²) < 4.78 is 42.9. The largest absolute Gasteiger partial charge is 0.419 e. The molecule has 0 aliphatic carbocycles. The first-order chi connectivity index (χ1) is 11.1. The highest BCUT2D eigenvalue weighted by atomic mass is 19.4. The zero-order chi connectivity index (χ0) is 18.1. The maximum absolute atomic E-state index is 12.4. The van der Waals surface area contributed by atoms with Crippen LogP contribution in [-0.2, 0) is 0 Å². The summed E-state index contributed by atoms with van der Waals surface area (Å²) in [5, 5.41) is 17.0. The molecule has 0 bridgehead atoms. The molecular formula is C16H20F3N3O2. The summed E-state index contributed by atoms with van der Waals surface area (Å²) in [5.41, 5.74) is 2.96. The van der Waals surface area contributed by atoms with Crippen LogP contribution in [0.2, 0.25) is 0 Å². The van der Waals surface area contributed by atoms with Crippen molar-refractivity contribution in [2.45, 2.75) is 39.1 Å². The zero-order valence-corrected chi connectivity index (χ0v) is 13.9. The summed E-state index contributed by atoms with van der Waals surface area (Å²) in [6, 6.07) is 5.13. The molecule has 2 unspecified atom stereocenters. The number of hydrogen-bond donors (Lipinski definition) is 1. The molecule has 8 heteroatoms. The molecule has 132 valence electrons. The van der Waals surface area contributed by atoms with E-state index in [0.717, 1.165) is 16.7 Å². The van der Waals surface area contributed by atoms with Crippen molar-refractivity contribution >= 4 is 0 Å². The van der Waals surface area contributed by atoms with Gasteiger partial charge in [-0.05, 0) is 51.1 Å². The van der Waals surface area contributed by atoms with E-state index < -0.39 is 24.9 Å². The Morgan fingerprint density at radius 2 is 1.88 bits per heavy atom. The summed E-state index contributed by atoms with van der Waals surface area (Å²) >= 11 is 0. The van der Waals surface area contributed by atoms with E-state index in [0.29, 0.717) is 5.89 Å². The van der Waals surface area contributed by atoms with Crippen LogP contribution in [0.5, 0.6) is 0 Å². The van der Waals surface area contributed by atoms with E-state index in [1.165, 1.54) is 11.9 Å². The molecule has 2 atom stereocenters. The number of rotatable bonds is 5. The second-order valence-corrected chi connectivity index (χ2v) is 5.92. The van der Waals surface area contributed by atoms with Crippen molar-refractivity contribution in [3.63, 3.8) is 0 Å². The van der Waals surface area contributed by atoms with Crippen LogP contribution in [0, 0.1) is 13.8 Å². The highest BCUT2D eigenvalue weighted by Gasteiger charge is 2.39. The van der Waals surface area contributed by atoms with Gasteiger partial charge in [-0.25, -0.2) is 0 Å². The van der Waals surface area contributed by atoms with Gasteiger partial charge >= 0.3 is 6.18 Å². The average Bonchev–Trinajstić information content (AvgIpc) is 2.98. The van der Waals surface area contributed by atoms with Gasteiger partial charge < -0.3 is 9.52 Å². The summed E-state index contributed by atoms with van der Waals surface area (Å²) in [4.78, 5) is 1.32. The van der Waals surface area contributed by atoms with Gasteiger partial charge in [-0.1, -0.05) is 6.07 Å². The number of benzene rings is 1. The Morgan fingerprint density at radius 1 is 1.21 bits per heavy atom. The molecule has 0 saturated heterocycles. The molecule has 2 rings (SSSR count). The third kappa shape index (κ3) is 4.12. The predicted molar refractivity (Wildman–Crippen MR) is 82.3 cm³/mol. The molecule has 0 spiro atoms. The average molecular weight is 343 g/mol. The second-order valence-electron chi connectivity index (χ2n) is 5.92. The lowest BCUT2D eigenvalue weighted by molar-refractivity contribution is -0.208. The fraction of sp³-hybridized carbons (Fsp3) is 0.500. The van der Waals surface area contributed by atoms with E-state index >= 15 is 0 Å². The van der Waals surface area contributed by atoms with Gasteiger partial charge in [0, 0.05) is 12.1 Å². The van der Waals surface area contributed by atoms with Crippen molar-refractivity contribution in [3.8, 4) is 11.5 Å². The number of nitrogens with zero attached hydrogens (tertiary/aromatic N) is 3. The van der Waals surface area contributed by atoms with Gasteiger partial charge in [-0.15, -0.1) is 10.2 Å². The van der Waals surface area contributed by atoms with Gasteiger partial charge in [0.25, 0.3) is 0 Å². The summed E-state index contributed by atoms with van der Waals surface area (Å²) in [6.45, 7) is 5.01. The van der Waals surface area contributed by atoms with E-state index in [4.69, 9.17) is 9.52 Å². The molecule has 0 aliphatic heterocycles. The van der Waals surface area contributed by atoms with Crippen LogP contribution in [0.1, 0.15) is 30.0 Å². The third-order valence-electron chi connectivity index (χ3n) is 4.05. The topological polar surface area (TPSA) is 62.4 Å². The zero-order valence-electron chi connectivity index (χ0n) is 13.9. The highest BCUT2D eigenvalue weighted by molar-refractivity contribution is 5.55. The van der Waals surface area contributed by atoms with Crippen LogP contribution in [0.25, 0.3) is 11.5 Å². The fourth-order valence-electron chi connectivity index (χ4n) is 2.12. The molecule has 0 radical (unpaired) electrons. The Morgan fingerprint density at radius 3 is 2.46 bits per heavy atom. The first-order valence-corrected chi connectivity index (χ1v) is 7.45. The van der Waals surface area contributed by atoms with Crippen LogP contribution in [0.15, 0.2) is 22.6 Å². The van der Waals surface area contributed by atoms with Crippen molar-refractivity contribution in [1.29, 1.82) is 0 Å². The van der Waals surface area contributed by atoms with Crippen molar-refractivity contribution in [2.75, 3.05) is 13.6 Å². The van der Waals surface area contributed by atoms with Crippen molar-refractivity contribution in [2.24, 2.45) is 0 Å². The second kappa shape index (κ2) is 6.90. The fourth-order valence-corrected chi connectivity index (χ4v) is 2.12. The molecule has 5 nitrogen and oxygen atoms in total. The normalized spacial score (nSPS) is 14.9. The van der Waals surface area contributed by atoms with Crippen molar-refractivity contribution in [1.82, 2.24) is 15.1 Å². The Hall–Kier alpha value is -1.93. The lowest BCUT2D eigenvalue weighted by Crippen LogP contribution is -2.40. The SMILES string of the molecule is Cc1ccc(-c2nnc(C(C)N(C)CC(O)C(F)(F)F)o2)cc1C. The van der Waals surface area contributed by atoms with Crippen molar-refractivity contribution < 1.29 is 22.7 Å². The van der Waals surface area contributed by atoms with E-state index in [1.54, 1.807) is 6.92 Å². The van der Waals surface area contributed by atoms with Crippen molar-refractivity contribution in [3.05, 3.63) is 35.2 Å². The lowest BCUT2D eigenvalue weighted by atomic mass is 10.1. The minimum absolute atomic E-state index is 0.195. The molecule has 0 fully saturated rings. The standard InChI is InChI=1S/C16H20F3N3O2/c1-9-5-6-12(7-10(9)2)15-21-20-14(24-15)11(3)22(4)8-13(23)16(17,18)19/h5-7,11,13,23H,8H2,1-4H3. The van der Waals surface area contributed by atoms with Crippen LogP contribution >= 0.6 is 0 Å². The molecular weight excluding hydrogens is 323 g/mol. The lowest BCUT2D eigenvalue weighted by Gasteiger charge is -2.25. The molecule has 0 saturated carbocycles. The molecule has 24 heavy (non-hydrogen) atoms. The minimum atomic E-state index is -4.66. The molecule has 1 aromatic carbocycles. The quantitative estimate of drug-likeness (QED) is 0.903. The number of aryl methyl sites for hydroxylation is 2. The molecule has 1 aromatic heterocycles. The van der Waals surface area contributed by atoms with Crippen LogP contribution in [0.4, 0.5) is 13.2 Å². The Kier molecular flexibility index (Phi) is 5.29. The number of aliphatic hydroxyl groups excluding tert-OH is 1. The third-order valence-corrected chi connectivity index (χ3v) is 4.05. The van der Waals surface area contributed by atoms with Crippen LogP contribution in [-0.4, -0.2) is 46.1 Å². The molecule has 0 aliphatic rings. The van der Waals surface area contributed by atoms with E-state index in [-0.39, 0.29) is 5.89 Å². The number of likely N-dealkylation sites (N-methyl/N-ethyl adjacent to an activating group) is 1. The number of halogens is 3. The first kappa shape index (κ1) is 18.4. The van der Waals surface area contributed by atoms with E-state index in [2.05, 4.69) is 10.2 Å². The van der Waals surface area contributed by atoms with Gasteiger partial charge in [-0.2, -0.15) is 13.2 Å². The van der Waals surface area contributed by atoms with Gasteiger partial charge in [0.1, 0.15) is 0 Å². The van der Waals surface area contributed by atoms with Crippen LogP contribution < -0.4 is 0 Å². The molecule has 2 aromatic rings. The smallest absolute Gasteiger partial charge is 0.415 e. The minimum Gasteiger partial charge on any atom is -0.419 e. The monoisotopic (exact) mass is 343 g/mol. The molecule has 0 amide bonds. The molecule has 1 heterocycles. The summed E-state index contributed by atoms with van der Waals surface area (Å²) in [6.07, 6.45) is -7.08. The number of aliphatic hydroxyl groups is 1. The van der Waals surface area contributed by atoms with Gasteiger partial charge in [-0.3, -0.25) is 4.90 Å². The van der Waals surface area contributed by atoms with Gasteiger partial charge in [0.05, 0.1) is 6.04 Å². The maximum Gasteiger partial charge on any atom is 0.415 e. The highest BCUT2D eigenvalue weighted by Crippen LogP contribution is 2.26.